The Morgan fingerprint density at radius 3 is 2.67 bits per heavy atom. The molecule has 1 amide bonds. The Morgan fingerprint density at radius 1 is 1.38 bits per heavy atom. The predicted molar refractivity (Wildman–Crippen MR) is 81.8 cm³/mol. The third kappa shape index (κ3) is 4.03. The molecule has 2 rings (SSSR count). The van der Waals surface area contributed by atoms with Crippen molar-refractivity contribution in [2.75, 3.05) is 6.54 Å². The van der Waals surface area contributed by atoms with E-state index in [9.17, 15) is 9.59 Å². The van der Waals surface area contributed by atoms with Crippen LogP contribution in [0.2, 0.25) is 0 Å². The third-order valence-corrected chi connectivity index (χ3v) is 3.64. The number of carbonyl (C=O) groups is 2. The van der Waals surface area contributed by atoms with Gasteiger partial charge in [-0.2, -0.15) is 0 Å². The smallest absolute Gasteiger partial charge is 0.329 e. The highest BCUT2D eigenvalue weighted by atomic mass is 79.9. The van der Waals surface area contributed by atoms with Crippen LogP contribution in [0.25, 0.3) is 0 Å². The maximum Gasteiger partial charge on any atom is 0.329 e. The van der Waals surface area contributed by atoms with E-state index in [1.165, 1.54) is 6.20 Å². The molecule has 0 aliphatic carbocycles. The Labute approximate surface area is 132 Å². The summed E-state index contributed by atoms with van der Waals surface area (Å²) in [6.45, 7) is 6.04. The van der Waals surface area contributed by atoms with Crippen LogP contribution < -0.4 is 0 Å². The molecule has 1 aromatic heterocycles. The summed E-state index contributed by atoms with van der Waals surface area (Å²) >= 11 is 3.24. The van der Waals surface area contributed by atoms with Gasteiger partial charge in [0.2, 0.25) is 0 Å². The lowest BCUT2D eigenvalue weighted by Gasteiger charge is -2.27. The highest BCUT2D eigenvalue weighted by molar-refractivity contribution is 9.10. The fraction of sp³-hybridized carbons (Fsp3) is 0.533. The molecule has 2 heterocycles. The monoisotopic (exact) mass is 354 g/mol. The lowest BCUT2D eigenvalue weighted by atomic mass is 10.1. The van der Waals surface area contributed by atoms with Gasteiger partial charge >= 0.3 is 5.97 Å². The van der Waals surface area contributed by atoms with Crippen LogP contribution in [0.15, 0.2) is 22.9 Å². The molecule has 1 fully saturated rings. The van der Waals surface area contributed by atoms with E-state index >= 15 is 0 Å². The van der Waals surface area contributed by atoms with Gasteiger partial charge in [0, 0.05) is 12.7 Å². The topological polar surface area (TPSA) is 59.5 Å². The van der Waals surface area contributed by atoms with Crippen molar-refractivity contribution in [1.29, 1.82) is 0 Å². The summed E-state index contributed by atoms with van der Waals surface area (Å²) in [6, 6.07) is 2.91. The number of esters is 1. The summed E-state index contributed by atoms with van der Waals surface area (Å²) in [7, 11) is 0. The molecule has 1 aliphatic heterocycles. The molecule has 1 aromatic rings. The second-order valence-electron chi connectivity index (χ2n) is 6.06. The summed E-state index contributed by atoms with van der Waals surface area (Å²) in [4.78, 5) is 30.4. The Balaban J connectivity index is 2.13. The maximum absolute atomic E-state index is 12.5. The Kier molecular flexibility index (Phi) is 4.66. The number of halogens is 1. The zero-order valence-electron chi connectivity index (χ0n) is 12.4. The first-order chi connectivity index (χ1) is 9.78. The average Bonchev–Trinajstić information content (AvgIpc) is 2.86. The summed E-state index contributed by atoms with van der Waals surface area (Å²) in [6.07, 6.45) is 2.96. The van der Waals surface area contributed by atoms with Gasteiger partial charge in [0.05, 0.1) is 5.56 Å². The molecule has 114 valence electrons. The van der Waals surface area contributed by atoms with Gasteiger partial charge < -0.3 is 9.64 Å². The molecule has 0 unspecified atom stereocenters. The predicted octanol–water partition coefficient (Wildman–Crippen LogP) is 2.79. The summed E-state index contributed by atoms with van der Waals surface area (Å²) < 4.78 is 6.07. The first-order valence-corrected chi connectivity index (χ1v) is 7.72. The number of pyridine rings is 1. The van der Waals surface area contributed by atoms with Crippen LogP contribution in [0.5, 0.6) is 0 Å². The van der Waals surface area contributed by atoms with Crippen molar-refractivity contribution < 1.29 is 14.3 Å². The van der Waals surface area contributed by atoms with Gasteiger partial charge in [0.25, 0.3) is 5.91 Å². The highest BCUT2D eigenvalue weighted by Gasteiger charge is 2.37. The van der Waals surface area contributed by atoms with Crippen LogP contribution in [0, 0.1) is 0 Å². The Morgan fingerprint density at radius 2 is 2.10 bits per heavy atom. The van der Waals surface area contributed by atoms with Gasteiger partial charge in [-0.3, -0.25) is 4.79 Å². The van der Waals surface area contributed by atoms with E-state index in [4.69, 9.17) is 4.74 Å². The molecule has 1 saturated heterocycles. The highest BCUT2D eigenvalue weighted by Crippen LogP contribution is 2.23. The van der Waals surface area contributed by atoms with Crippen molar-refractivity contribution in [1.82, 2.24) is 9.88 Å². The molecule has 0 saturated carbocycles. The maximum atomic E-state index is 12.5. The summed E-state index contributed by atoms with van der Waals surface area (Å²) in [5, 5.41) is 0. The van der Waals surface area contributed by atoms with Gasteiger partial charge in [0.15, 0.2) is 0 Å². The number of carbonyl (C=O) groups excluding carboxylic acids is 2. The normalized spacial score (nSPS) is 18.7. The van der Waals surface area contributed by atoms with Crippen molar-refractivity contribution in [3.63, 3.8) is 0 Å². The summed E-state index contributed by atoms with van der Waals surface area (Å²) in [5.74, 6) is -0.512. The van der Waals surface area contributed by atoms with Crippen molar-refractivity contribution in [3.05, 3.63) is 28.5 Å². The van der Waals surface area contributed by atoms with Crippen molar-refractivity contribution in [2.45, 2.75) is 45.3 Å². The number of aromatic nitrogens is 1. The fourth-order valence-electron chi connectivity index (χ4n) is 2.29. The van der Waals surface area contributed by atoms with Crippen LogP contribution in [-0.4, -0.2) is 39.9 Å². The molecule has 0 spiro atoms. The van der Waals surface area contributed by atoms with Gasteiger partial charge in [-0.15, -0.1) is 0 Å². The first kappa shape index (κ1) is 15.9. The zero-order valence-corrected chi connectivity index (χ0v) is 14.0. The van der Waals surface area contributed by atoms with E-state index in [2.05, 4.69) is 20.9 Å². The number of rotatable bonds is 2. The van der Waals surface area contributed by atoms with Crippen molar-refractivity contribution in [3.8, 4) is 0 Å². The van der Waals surface area contributed by atoms with E-state index < -0.39 is 11.6 Å². The zero-order chi connectivity index (χ0) is 15.6. The molecule has 0 bridgehead atoms. The minimum atomic E-state index is -0.548. The molecule has 5 nitrogen and oxygen atoms in total. The number of ether oxygens (including phenoxy) is 1. The van der Waals surface area contributed by atoms with Crippen LogP contribution in [-0.2, 0) is 9.53 Å². The lowest BCUT2D eigenvalue weighted by Crippen LogP contribution is -2.43. The largest absolute Gasteiger partial charge is 0.458 e. The number of likely N-dealkylation sites (tertiary alicyclic amines) is 1. The molecule has 0 aromatic carbocycles. The molecule has 0 N–H and O–H groups in total. The Bertz CT molecular complexity index is 537. The van der Waals surface area contributed by atoms with Crippen LogP contribution in [0.3, 0.4) is 0 Å². The average molecular weight is 355 g/mol. The van der Waals surface area contributed by atoms with Crippen LogP contribution >= 0.6 is 15.9 Å². The molecule has 1 aliphatic rings. The minimum Gasteiger partial charge on any atom is -0.458 e. The quantitative estimate of drug-likeness (QED) is 0.605. The van der Waals surface area contributed by atoms with Crippen LogP contribution in [0.1, 0.15) is 44.0 Å². The lowest BCUT2D eigenvalue weighted by molar-refractivity contribution is -0.159. The second kappa shape index (κ2) is 6.13. The van der Waals surface area contributed by atoms with Crippen LogP contribution in [0.4, 0.5) is 0 Å². The standard InChI is InChI=1S/C15H19BrN2O3/c1-15(2,3)21-14(20)11-5-4-8-18(11)13(19)10-6-7-12(16)17-9-10/h6-7,9,11H,4-5,8H2,1-3H3/t11-/m0/s1. The summed E-state index contributed by atoms with van der Waals surface area (Å²) in [5.41, 5.74) is -0.0678. The van der Waals surface area contributed by atoms with Crippen molar-refractivity contribution >= 4 is 27.8 Å². The molecule has 6 heteroatoms. The van der Waals surface area contributed by atoms with E-state index in [0.29, 0.717) is 23.1 Å². The number of nitrogens with zero attached hydrogens (tertiary/aromatic N) is 2. The SMILES string of the molecule is CC(C)(C)OC(=O)[C@@H]1CCCN1C(=O)c1ccc(Br)nc1. The van der Waals surface area contributed by atoms with Gasteiger partial charge in [-0.05, 0) is 61.7 Å². The number of hydrogen-bond acceptors (Lipinski definition) is 4. The van der Waals surface area contributed by atoms with E-state index in [1.807, 2.05) is 20.8 Å². The van der Waals surface area contributed by atoms with E-state index in [0.717, 1.165) is 6.42 Å². The molecule has 0 radical (unpaired) electrons. The van der Waals surface area contributed by atoms with Gasteiger partial charge in [-0.25, -0.2) is 9.78 Å². The molecular weight excluding hydrogens is 336 g/mol. The Hall–Kier alpha value is -1.43. The van der Waals surface area contributed by atoms with Crippen molar-refractivity contribution in [2.24, 2.45) is 0 Å². The van der Waals surface area contributed by atoms with E-state index in [-0.39, 0.29) is 11.9 Å². The number of amides is 1. The molecule has 1 atom stereocenters. The second-order valence-corrected chi connectivity index (χ2v) is 6.87. The van der Waals surface area contributed by atoms with E-state index in [1.54, 1.807) is 17.0 Å². The molecule has 21 heavy (non-hydrogen) atoms. The molecular formula is C15H19BrN2O3. The van der Waals surface area contributed by atoms with Gasteiger partial charge in [-0.1, -0.05) is 0 Å². The third-order valence-electron chi connectivity index (χ3n) is 3.17. The fourth-order valence-corrected chi connectivity index (χ4v) is 2.53. The minimum absolute atomic E-state index is 0.177. The van der Waals surface area contributed by atoms with Gasteiger partial charge in [0.1, 0.15) is 16.2 Å². The first-order valence-electron chi connectivity index (χ1n) is 6.93. The number of hydrogen-bond donors (Lipinski definition) is 0.